The Kier molecular flexibility index (Phi) is 5.13. The van der Waals surface area contributed by atoms with Crippen LogP contribution < -0.4 is 0 Å². The highest BCUT2D eigenvalue weighted by Gasteiger charge is 2.11. The minimum atomic E-state index is 0.930. The van der Waals surface area contributed by atoms with E-state index in [1.165, 1.54) is 11.1 Å². The maximum Gasteiger partial charge on any atom is 0.195 e. The van der Waals surface area contributed by atoms with Gasteiger partial charge in [-0.25, -0.2) is 0 Å². The lowest BCUT2D eigenvalue weighted by Gasteiger charge is -2.08. The molecule has 0 aliphatic rings. The van der Waals surface area contributed by atoms with Crippen molar-refractivity contribution in [2.75, 3.05) is 5.75 Å². The predicted molar refractivity (Wildman–Crippen MR) is 96.3 cm³/mol. The fraction of sp³-hybridized carbons (Fsp3) is 0.263. The van der Waals surface area contributed by atoms with E-state index in [9.17, 15) is 0 Å². The van der Waals surface area contributed by atoms with Gasteiger partial charge in [-0.05, 0) is 44.4 Å². The van der Waals surface area contributed by atoms with Crippen molar-refractivity contribution in [3.8, 4) is 5.69 Å². The standard InChI is InChI=1S/C19H21N3S/c1-15-10-12-18(13-11-15)22-16(2)20-21-19(22)23-14-6-9-17-7-4-3-5-8-17/h3-5,7-8,10-13H,6,9,14H2,1-2H3. The Morgan fingerprint density at radius 1 is 0.913 bits per heavy atom. The summed E-state index contributed by atoms with van der Waals surface area (Å²) in [5.74, 6) is 1.97. The molecule has 0 radical (unpaired) electrons. The quantitative estimate of drug-likeness (QED) is 0.490. The molecule has 0 amide bonds. The third-order valence-electron chi connectivity index (χ3n) is 3.77. The molecule has 3 nitrogen and oxygen atoms in total. The largest absolute Gasteiger partial charge is 0.274 e. The first-order chi connectivity index (χ1) is 11.2. The van der Waals surface area contributed by atoms with E-state index in [2.05, 4.69) is 76.3 Å². The van der Waals surface area contributed by atoms with Crippen LogP contribution in [0.1, 0.15) is 23.4 Å². The molecule has 4 heteroatoms. The zero-order valence-corrected chi connectivity index (χ0v) is 14.4. The van der Waals surface area contributed by atoms with Gasteiger partial charge in [0.05, 0.1) is 0 Å². The van der Waals surface area contributed by atoms with Gasteiger partial charge >= 0.3 is 0 Å². The van der Waals surface area contributed by atoms with E-state index >= 15 is 0 Å². The molecule has 0 saturated carbocycles. The van der Waals surface area contributed by atoms with Gasteiger partial charge in [-0.15, -0.1) is 10.2 Å². The van der Waals surface area contributed by atoms with Crippen molar-refractivity contribution in [2.45, 2.75) is 31.8 Å². The second-order valence-electron chi connectivity index (χ2n) is 5.64. The van der Waals surface area contributed by atoms with Crippen LogP contribution in [0.15, 0.2) is 59.8 Å². The summed E-state index contributed by atoms with van der Waals surface area (Å²) >= 11 is 1.78. The molecule has 0 N–H and O–H groups in total. The molecule has 0 fully saturated rings. The maximum absolute atomic E-state index is 4.34. The van der Waals surface area contributed by atoms with Crippen molar-refractivity contribution in [2.24, 2.45) is 0 Å². The first-order valence-electron chi connectivity index (χ1n) is 7.90. The van der Waals surface area contributed by atoms with Gasteiger partial charge in [-0.1, -0.05) is 59.8 Å². The fourth-order valence-corrected chi connectivity index (χ4v) is 3.45. The van der Waals surface area contributed by atoms with E-state index < -0.39 is 0 Å². The molecule has 0 bridgehead atoms. The van der Waals surface area contributed by atoms with Crippen LogP contribution in [0.5, 0.6) is 0 Å². The van der Waals surface area contributed by atoms with Crippen LogP contribution >= 0.6 is 11.8 Å². The highest BCUT2D eigenvalue weighted by Crippen LogP contribution is 2.23. The van der Waals surface area contributed by atoms with E-state index in [1.54, 1.807) is 11.8 Å². The molecule has 0 aliphatic heterocycles. The van der Waals surface area contributed by atoms with Crippen LogP contribution in [-0.2, 0) is 6.42 Å². The van der Waals surface area contributed by atoms with Gasteiger partial charge in [0.2, 0.25) is 0 Å². The molecule has 1 heterocycles. The van der Waals surface area contributed by atoms with Crippen molar-refractivity contribution in [1.29, 1.82) is 0 Å². The van der Waals surface area contributed by atoms with E-state index in [-0.39, 0.29) is 0 Å². The van der Waals surface area contributed by atoms with E-state index in [0.717, 1.165) is 35.3 Å². The summed E-state index contributed by atoms with van der Waals surface area (Å²) in [6.07, 6.45) is 2.24. The summed E-state index contributed by atoms with van der Waals surface area (Å²) in [4.78, 5) is 0. The lowest BCUT2D eigenvalue weighted by atomic mass is 10.1. The number of benzene rings is 2. The molecular formula is C19H21N3S. The fourth-order valence-electron chi connectivity index (χ4n) is 2.51. The van der Waals surface area contributed by atoms with Gasteiger partial charge in [0.15, 0.2) is 5.16 Å². The Morgan fingerprint density at radius 2 is 1.65 bits per heavy atom. The SMILES string of the molecule is Cc1ccc(-n2c(C)nnc2SCCCc2ccccc2)cc1. The normalized spacial score (nSPS) is 10.9. The van der Waals surface area contributed by atoms with Crippen molar-refractivity contribution < 1.29 is 0 Å². The first-order valence-corrected chi connectivity index (χ1v) is 8.88. The molecule has 3 rings (SSSR count). The number of aryl methyl sites for hydroxylation is 3. The van der Waals surface area contributed by atoms with Crippen LogP contribution in [0.2, 0.25) is 0 Å². The molecule has 1 aromatic heterocycles. The molecule has 3 aromatic rings. The lowest BCUT2D eigenvalue weighted by Crippen LogP contribution is -1.99. The number of rotatable bonds is 6. The maximum atomic E-state index is 4.34. The average molecular weight is 323 g/mol. The molecular weight excluding hydrogens is 302 g/mol. The molecule has 2 aromatic carbocycles. The smallest absolute Gasteiger partial charge is 0.195 e. The van der Waals surface area contributed by atoms with Gasteiger partial charge < -0.3 is 0 Å². The number of hydrogen-bond donors (Lipinski definition) is 0. The van der Waals surface area contributed by atoms with Crippen LogP contribution in [0.3, 0.4) is 0 Å². The lowest BCUT2D eigenvalue weighted by molar-refractivity contribution is 0.860. The summed E-state index contributed by atoms with van der Waals surface area (Å²) in [5.41, 5.74) is 3.78. The summed E-state index contributed by atoms with van der Waals surface area (Å²) in [6.45, 7) is 4.10. The van der Waals surface area contributed by atoms with Crippen LogP contribution in [0.25, 0.3) is 5.69 Å². The third-order valence-corrected chi connectivity index (χ3v) is 4.79. The summed E-state index contributed by atoms with van der Waals surface area (Å²) < 4.78 is 2.13. The second kappa shape index (κ2) is 7.47. The van der Waals surface area contributed by atoms with Crippen molar-refractivity contribution >= 4 is 11.8 Å². The van der Waals surface area contributed by atoms with Gasteiger partial charge in [-0.2, -0.15) is 0 Å². The molecule has 0 atom stereocenters. The summed E-state index contributed by atoms with van der Waals surface area (Å²) in [7, 11) is 0. The highest BCUT2D eigenvalue weighted by molar-refractivity contribution is 7.99. The topological polar surface area (TPSA) is 30.7 Å². The zero-order chi connectivity index (χ0) is 16.1. The number of thioether (sulfide) groups is 1. The van der Waals surface area contributed by atoms with E-state index in [0.29, 0.717) is 0 Å². The first kappa shape index (κ1) is 15.8. The molecule has 0 saturated heterocycles. The highest BCUT2D eigenvalue weighted by atomic mass is 32.2. The number of hydrogen-bond acceptors (Lipinski definition) is 3. The number of nitrogens with zero attached hydrogens (tertiary/aromatic N) is 3. The van der Waals surface area contributed by atoms with Gasteiger partial charge in [0, 0.05) is 11.4 Å². The van der Waals surface area contributed by atoms with Crippen LogP contribution in [0.4, 0.5) is 0 Å². The Hall–Kier alpha value is -2.07. The number of aromatic nitrogens is 3. The van der Waals surface area contributed by atoms with E-state index in [1.807, 2.05) is 6.92 Å². The van der Waals surface area contributed by atoms with Crippen molar-refractivity contribution in [3.63, 3.8) is 0 Å². The molecule has 0 aliphatic carbocycles. The monoisotopic (exact) mass is 323 g/mol. The second-order valence-corrected chi connectivity index (χ2v) is 6.70. The molecule has 0 unspecified atom stereocenters. The van der Waals surface area contributed by atoms with Gasteiger partial charge in [0.1, 0.15) is 5.82 Å². The zero-order valence-electron chi connectivity index (χ0n) is 13.6. The van der Waals surface area contributed by atoms with Crippen LogP contribution in [-0.4, -0.2) is 20.5 Å². The average Bonchev–Trinajstić information content (AvgIpc) is 2.94. The third kappa shape index (κ3) is 4.02. The van der Waals surface area contributed by atoms with Gasteiger partial charge in [-0.3, -0.25) is 4.57 Å². The molecule has 0 spiro atoms. The van der Waals surface area contributed by atoms with Gasteiger partial charge in [0.25, 0.3) is 0 Å². The van der Waals surface area contributed by atoms with E-state index in [4.69, 9.17) is 0 Å². The molecule has 118 valence electrons. The van der Waals surface area contributed by atoms with Crippen LogP contribution in [0, 0.1) is 13.8 Å². The van der Waals surface area contributed by atoms with Crippen molar-refractivity contribution in [1.82, 2.24) is 14.8 Å². The Morgan fingerprint density at radius 3 is 2.39 bits per heavy atom. The Bertz CT molecular complexity index is 748. The van der Waals surface area contributed by atoms with Crippen molar-refractivity contribution in [3.05, 3.63) is 71.5 Å². The summed E-state index contributed by atoms with van der Waals surface area (Å²) in [6, 6.07) is 19.1. The summed E-state index contributed by atoms with van der Waals surface area (Å²) in [5, 5.41) is 9.55. The minimum absolute atomic E-state index is 0.930. The molecule has 23 heavy (non-hydrogen) atoms. The Balaban J connectivity index is 1.63. The predicted octanol–water partition coefficient (Wildman–Crippen LogP) is 4.61. The Labute approximate surface area is 141 Å². The minimum Gasteiger partial charge on any atom is -0.274 e.